The van der Waals surface area contributed by atoms with Crippen LogP contribution in [0.1, 0.15) is 31.7 Å². The second-order valence-corrected chi connectivity index (χ2v) is 8.58. The monoisotopic (exact) mass is 418 g/mol. The Morgan fingerprint density at radius 3 is 2.45 bits per heavy atom. The summed E-state index contributed by atoms with van der Waals surface area (Å²) in [5.74, 6) is -1.90. The van der Waals surface area contributed by atoms with E-state index in [1.54, 1.807) is 25.1 Å². The Balaban J connectivity index is 1.35. The van der Waals surface area contributed by atoms with Crippen molar-refractivity contribution >= 4 is 41.0 Å². The third-order valence-corrected chi connectivity index (χ3v) is 6.99. The number of fused-ring (bicyclic) bond motifs is 5. The van der Waals surface area contributed by atoms with Gasteiger partial charge in [0.2, 0.25) is 11.8 Å². The van der Waals surface area contributed by atoms with Crippen LogP contribution in [0.2, 0.25) is 5.02 Å². The highest BCUT2D eigenvalue weighted by molar-refractivity contribution is 6.31. The summed E-state index contributed by atoms with van der Waals surface area (Å²) < 4.78 is 5.08. The van der Waals surface area contributed by atoms with Gasteiger partial charge in [0.1, 0.15) is 6.04 Å². The van der Waals surface area contributed by atoms with Gasteiger partial charge in [-0.25, -0.2) is 4.79 Å². The maximum Gasteiger partial charge on any atom is 0.329 e. The van der Waals surface area contributed by atoms with Crippen LogP contribution in [0.5, 0.6) is 0 Å². The summed E-state index contributed by atoms with van der Waals surface area (Å²) in [4.78, 5) is 51.2. The van der Waals surface area contributed by atoms with Crippen molar-refractivity contribution in [1.82, 2.24) is 4.90 Å². The topological polar surface area (TPSA) is 92.8 Å². The van der Waals surface area contributed by atoms with Crippen molar-refractivity contribution in [2.75, 3.05) is 11.9 Å². The second-order valence-electron chi connectivity index (χ2n) is 8.18. The third kappa shape index (κ3) is 3.31. The van der Waals surface area contributed by atoms with Crippen molar-refractivity contribution in [1.29, 1.82) is 0 Å². The summed E-state index contributed by atoms with van der Waals surface area (Å²) >= 11 is 6.03. The van der Waals surface area contributed by atoms with E-state index in [9.17, 15) is 19.2 Å². The molecule has 8 heteroatoms. The summed E-state index contributed by atoms with van der Waals surface area (Å²) in [6.45, 7) is 2.73. The first-order chi connectivity index (χ1) is 13.8. The number of carbonyl (C=O) groups excluding carboxylic acids is 4. The molecule has 1 heterocycles. The molecule has 0 aromatic heterocycles. The molecular weight excluding hydrogens is 396 g/mol. The van der Waals surface area contributed by atoms with E-state index < -0.39 is 24.5 Å². The number of nitrogens with zero attached hydrogens (tertiary/aromatic N) is 1. The number of nitrogens with one attached hydrogen (secondary N) is 1. The standard InChI is InChI=1S/C21H23ClN2O5/c1-10-14(22)4-3-5-15(10)23-16(25)9-29-21(28)11(2)24-19(26)17-12-6-7-13(8-12)18(17)20(24)27/h3-5,11-13,17-18H,6-9H2,1-2H3,(H,23,25)/t11-,12-,13+,17-,18+/m1/s1. The minimum absolute atomic E-state index is 0.251. The minimum Gasteiger partial charge on any atom is -0.454 e. The van der Waals surface area contributed by atoms with Crippen molar-refractivity contribution in [3.05, 3.63) is 28.8 Å². The van der Waals surface area contributed by atoms with Gasteiger partial charge in [-0.3, -0.25) is 19.3 Å². The summed E-state index contributed by atoms with van der Waals surface area (Å²) in [6.07, 6.45) is 2.88. The van der Waals surface area contributed by atoms with Gasteiger partial charge in [-0.1, -0.05) is 17.7 Å². The molecular formula is C21H23ClN2O5. The number of benzene rings is 1. The van der Waals surface area contributed by atoms with Crippen molar-refractivity contribution in [2.24, 2.45) is 23.7 Å². The third-order valence-electron chi connectivity index (χ3n) is 6.58. The summed E-state index contributed by atoms with van der Waals surface area (Å²) in [5.41, 5.74) is 1.23. The van der Waals surface area contributed by atoms with Crippen molar-refractivity contribution < 1.29 is 23.9 Å². The smallest absolute Gasteiger partial charge is 0.329 e. The van der Waals surface area contributed by atoms with Crippen LogP contribution >= 0.6 is 11.6 Å². The molecule has 3 amide bonds. The van der Waals surface area contributed by atoms with Crippen LogP contribution in [-0.2, 0) is 23.9 Å². The van der Waals surface area contributed by atoms with Gasteiger partial charge in [-0.15, -0.1) is 0 Å². The van der Waals surface area contributed by atoms with Gasteiger partial charge in [-0.2, -0.15) is 0 Å². The van der Waals surface area contributed by atoms with E-state index in [4.69, 9.17) is 16.3 Å². The number of amides is 3. The molecule has 3 aliphatic rings. The van der Waals surface area contributed by atoms with Gasteiger partial charge in [0.15, 0.2) is 6.61 Å². The Bertz CT molecular complexity index is 873. The maximum atomic E-state index is 12.8. The predicted octanol–water partition coefficient (Wildman–Crippen LogP) is 2.55. The Morgan fingerprint density at radius 1 is 1.21 bits per heavy atom. The number of hydrogen-bond acceptors (Lipinski definition) is 5. The lowest BCUT2D eigenvalue weighted by Crippen LogP contribution is -2.45. The number of anilines is 1. The van der Waals surface area contributed by atoms with E-state index in [0.717, 1.165) is 24.2 Å². The first-order valence-corrected chi connectivity index (χ1v) is 10.3. The minimum atomic E-state index is -1.04. The number of imide groups is 1. The molecule has 154 valence electrons. The van der Waals surface area contributed by atoms with E-state index in [1.807, 2.05) is 0 Å². The molecule has 0 spiro atoms. The van der Waals surface area contributed by atoms with Gasteiger partial charge < -0.3 is 10.1 Å². The van der Waals surface area contributed by atoms with Gasteiger partial charge in [0.25, 0.3) is 5.91 Å². The highest BCUT2D eigenvalue weighted by Crippen LogP contribution is 2.56. The fourth-order valence-electron chi connectivity index (χ4n) is 5.11. The molecule has 2 saturated carbocycles. The molecule has 0 unspecified atom stereocenters. The Labute approximate surface area is 173 Å². The van der Waals surface area contributed by atoms with Gasteiger partial charge in [0, 0.05) is 10.7 Å². The van der Waals surface area contributed by atoms with Crippen LogP contribution in [-0.4, -0.2) is 41.2 Å². The number of esters is 1. The molecule has 29 heavy (non-hydrogen) atoms. The molecule has 1 aliphatic heterocycles. The Hall–Kier alpha value is -2.41. The van der Waals surface area contributed by atoms with Crippen molar-refractivity contribution in [3.63, 3.8) is 0 Å². The lowest BCUT2D eigenvalue weighted by Gasteiger charge is -2.23. The average Bonchev–Trinajstić information content (AvgIpc) is 3.37. The van der Waals surface area contributed by atoms with Crippen LogP contribution in [0.15, 0.2) is 18.2 Å². The molecule has 4 rings (SSSR count). The SMILES string of the molecule is Cc1c(Cl)cccc1NC(=O)COC(=O)[C@@H](C)N1C(=O)[C@@H]2[C@@H]3CC[C@@H](C3)[C@@H]2C1=O. The van der Waals surface area contributed by atoms with Gasteiger partial charge in [-0.05, 0) is 62.6 Å². The molecule has 0 radical (unpaired) electrons. The lowest BCUT2D eigenvalue weighted by molar-refractivity contribution is -0.159. The molecule has 1 saturated heterocycles. The fraction of sp³-hybridized carbons (Fsp3) is 0.524. The zero-order valence-electron chi connectivity index (χ0n) is 16.3. The summed E-state index contributed by atoms with van der Waals surface area (Å²) in [5, 5.41) is 3.15. The van der Waals surface area contributed by atoms with E-state index >= 15 is 0 Å². The number of carbonyl (C=O) groups is 4. The van der Waals surface area contributed by atoms with E-state index in [1.165, 1.54) is 6.92 Å². The fourth-order valence-corrected chi connectivity index (χ4v) is 5.28. The zero-order chi connectivity index (χ0) is 20.9. The maximum absolute atomic E-state index is 12.8. The summed E-state index contributed by atoms with van der Waals surface area (Å²) in [6, 6.07) is 4.06. The van der Waals surface area contributed by atoms with E-state index in [0.29, 0.717) is 16.3 Å². The normalized spacial score (nSPS) is 28.4. The molecule has 7 nitrogen and oxygen atoms in total. The molecule has 3 fully saturated rings. The Morgan fingerprint density at radius 2 is 1.83 bits per heavy atom. The van der Waals surface area contributed by atoms with Gasteiger partial charge >= 0.3 is 5.97 Å². The van der Waals surface area contributed by atoms with Gasteiger partial charge in [0.05, 0.1) is 11.8 Å². The number of halogens is 1. The number of ether oxygens (including phenoxy) is 1. The first-order valence-electron chi connectivity index (χ1n) is 9.88. The highest BCUT2D eigenvalue weighted by Gasteiger charge is 2.62. The zero-order valence-corrected chi connectivity index (χ0v) is 17.1. The highest BCUT2D eigenvalue weighted by atomic mass is 35.5. The van der Waals surface area contributed by atoms with Crippen molar-refractivity contribution in [3.8, 4) is 0 Å². The van der Waals surface area contributed by atoms with Crippen LogP contribution in [0.4, 0.5) is 5.69 Å². The van der Waals surface area contributed by atoms with Crippen molar-refractivity contribution in [2.45, 2.75) is 39.2 Å². The number of likely N-dealkylation sites (tertiary alicyclic amines) is 1. The quantitative estimate of drug-likeness (QED) is 0.586. The molecule has 1 aromatic rings. The largest absolute Gasteiger partial charge is 0.454 e. The van der Waals surface area contributed by atoms with Crippen LogP contribution in [0.25, 0.3) is 0 Å². The molecule has 1 N–H and O–H groups in total. The van der Waals surface area contributed by atoms with E-state index in [-0.39, 0.29) is 35.5 Å². The summed E-state index contributed by atoms with van der Waals surface area (Å²) in [7, 11) is 0. The van der Waals surface area contributed by atoms with Crippen LogP contribution < -0.4 is 5.32 Å². The van der Waals surface area contributed by atoms with Crippen LogP contribution in [0.3, 0.4) is 0 Å². The number of hydrogen-bond donors (Lipinski definition) is 1. The number of rotatable bonds is 5. The lowest BCUT2D eigenvalue weighted by atomic mass is 9.81. The predicted molar refractivity (Wildman–Crippen MR) is 105 cm³/mol. The molecule has 2 aliphatic carbocycles. The van der Waals surface area contributed by atoms with E-state index in [2.05, 4.69) is 5.32 Å². The Kier molecular flexibility index (Phi) is 5.11. The van der Waals surface area contributed by atoms with Crippen LogP contribution in [0, 0.1) is 30.6 Å². The first kappa shape index (κ1) is 19.9. The average molecular weight is 419 g/mol. The second kappa shape index (κ2) is 7.44. The molecule has 5 atom stereocenters. The molecule has 1 aromatic carbocycles. The molecule has 2 bridgehead atoms.